The monoisotopic (exact) mass is 238 g/mol. The summed E-state index contributed by atoms with van der Waals surface area (Å²) in [5, 5.41) is 8.81. The van der Waals surface area contributed by atoms with Gasteiger partial charge in [0.25, 0.3) is 0 Å². The smallest absolute Gasteiger partial charge is 0.225 e. The van der Waals surface area contributed by atoms with Crippen molar-refractivity contribution in [3.8, 4) is 6.07 Å². The number of carbonyl (C=O) groups excluding carboxylic acids is 1. The summed E-state index contributed by atoms with van der Waals surface area (Å²) in [5.41, 5.74) is 0. The average Bonchev–Trinajstić information content (AvgIpc) is 2.36. The minimum absolute atomic E-state index is 0.0809. The first-order valence-electron chi connectivity index (χ1n) is 6.78. The molecule has 0 saturated heterocycles. The number of unbranched alkanes of at least 4 members (excludes halogenated alkanes) is 1. The number of amides is 1. The van der Waals surface area contributed by atoms with Crippen LogP contribution in [0, 0.1) is 23.2 Å². The summed E-state index contributed by atoms with van der Waals surface area (Å²) in [6.07, 6.45) is 4.11. The zero-order chi connectivity index (χ0) is 13.3. The van der Waals surface area contributed by atoms with Crippen LogP contribution >= 0.6 is 0 Å². The predicted molar refractivity (Wildman–Crippen MR) is 70.3 cm³/mol. The van der Waals surface area contributed by atoms with Crippen LogP contribution in [-0.4, -0.2) is 23.9 Å². The molecule has 0 rings (SSSR count). The highest BCUT2D eigenvalue weighted by molar-refractivity contribution is 5.78. The van der Waals surface area contributed by atoms with E-state index in [1.54, 1.807) is 0 Å². The first kappa shape index (κ1) is 16.0. The molecule has 0 spiro atoms. The molecule has 0 radical (unpaired) electrons. The van der Waals surface area contributed by atoms with E-state index in [0.717, 1.165) is 25.7 Å². The first-order chi connectivity index (χ1) is 8.10. The third-order valence-electron chi connectivity index (χ3n) is 3.16. The Morgan fingerprint density at radius 3 is 2.41 bits per heavy atom. The zero-order valence-electron chi connectivity index (χ0n) is 11.7. The molecule has 0 aromatic rings. The molecule has 2 unspecified atom stereocenters. The highest BCUT2D eigenvalue weighted by Crippen LogP contribution is 2.16. The van der Waals surface area contributed by atoms with E-state index >= 15 is 0 Å². The summed E-state index contributed by atoms with van der Waals surface area (Å²) in [4.78, 5) is 14.1. The van der Waals surface area contributed by atoms with Gasteiger partial charge in [0, 0.05) is 19.0 Å². The number of carbonyl (C=O) groups is 1. The minimum Gasteiger partial charge on any atom is -0.341 e. The van der Waals surface area contributed by atoms with Gasteiger partial charge in [-0.15, -0.1) is 0 Å². The maximum absolute atomic E-state index is 12.3. The Bertz CT molecular complexity index is 257. The fourth-order valence-corrected chi connectivity index (χ4v) is 1.96. The summed E-state index contributed by atoms with van der Waals surface area (Å²) in [6, 6.07) is 2.19. The van der Waals surface area contributed by atoms with Crippen molar-refractivity contribution in [2.75, 3.05) is 13.1 Å². The van der Waals surface area contributed by atoms with E-state index < -0.39 is 0 Å². The molecular weight excluding hydrogens is 212 g/mol. The number of nitriles is 1. The van der Waals surface area contributed by atoms with Gasteiger partial charge in [-0.25, -0.2) is 0 Å². The van der Waals surface area contributed by atoms with E-state index in [1.807, 2.05) is 18.7 Å². The number of hydrogen-bond donors (Lipinski definition) is 0. The summed E-state index contributed by atoms with van der Waals surface area (Å²) in [5.74, 6) is 0.286. The summed E-state index contributed by atoms with van der Waals surface area (Å²) < 4.78 is 0. The van der Waals surface area contributed by atoms with Crippen LogP contribution in [-0.2, 0) is 4.79 Å². The van der Waals surface area contributed by atoms with Crippen LogP contribution in [0.25, 0.3) is 0 Å². The first-order valence-corrected chi connectivity index (χ1v) is 6.78. The van der Waals surface area contributed by atoms with Crippen LogP contribution in [0.3, 0.4) is 0 Å². The van der Waals surface area contributed by atoms with Crippen LogP contribution in [0.2, 0.25) is 0 Å². The molecule has 1 amide bonds. The van der Waals surface area contributed by atoms with Crippen LogP contribution in [0.15, 0.2) is 0 Å². The van der Waals surface area contributed by atoms with Gasteiger partial charge in [0.1, 0.15) is 0 Å². The molecule has 0 fully saturated rings. The normalized spacial score (nSPS) is 13.8. The fourth-order valence-electron chi connectivity index (χ4n) is 1.96. The molecule has 3 heteroatoms. The molecule has 0 aliphatic rings. The Labute approximate surface area is 106 Å². The molecule has 0 heterocycles. The topological polar surface area (TPSA) is 44.1 Å². The molecule has 3 nitrogen and oxygen atoms in total. The van der Waals surface area contributed by atoms with E-state index in [2.05, 4.69) is 19.9 Å². The van der Waals surface area contributed by atoms with E-state index in [0.29, 0.717) is 13.1 Å². The molecule has 2 atom stereocenters. The predicted octanol–water partition coefficient (Wildman–Crippen LogP) is 3.21. The largest absolute Gasteiger partial charge is 0.341 e. The van der Waals surface area contributed by atoms with Crippen LogP contribution in [0.4, 0.5) is 0 Å². The van der Waals surface area contributed by atoms with Gasteiger partial charge >= 0.3 is 0 Å². The Morgan fingerprint density at radius 2 is 2.00 bits per heavy atom. The van der Waals surface area contributed by atoms with E-state index in [1.165, 1.54) is 0 Å². The van der Waals surface area contributed by atoms with Crippen molar-refractivity contribution in [2.24, 2.45) is 11.8 Å². The molecule has 0 saturated carbocycles. The highest BCUT2D eigenvalue weighted by Gasteiger charge is 2.22. The van der Waals surface area contributed by atoms with Crippen molar-refractivity contribution in [3.63, 3.8) is 0 Å². The van der Waals surface area contributed by atoms with Crippen molar-refractivity contribution >= 4 is 5.91 Å². The lowest BCUT2D eigenvalue weighted by Crippen LogP contribution is -2.38. The lowest BCUT2D eigenvalue weighted by atomic mass is 9.97. The van der Waals surface area contributed by atoms with Gasteiger partial charge in [0.15, 0.2) is 0 Å². The number of rotatable bonds is 8. The highest BCUT2D eigenvalue weighted by atomic mass is 16.2. The molecule has 0 aromatic heterocycles. The Morgan fingerprint density at radius 1 is 1.35 bits per heavy atom. The average molecular weight is 238 g/mol. The Kier molecular flexibility index (Phi) is 8.49. The number of nitrogens with zero attached hydrogens (tertiary/aromatic N) is 2. The van der Waals surface area contributed by atoms with Gasteiger partial charge in [-0.3, -0.25) is 4.79 Å². The van der Waals surface area contributed by atoms with Crippen molar-refractivity contribution in [1.29, 1.82) is 5.26 Å². The van der Waals surface area contributed by atoms with E-state index in [4.69, 9.17) is 5.26 Å². The number of hydrogen-bond acceptors (Lipinski definition) is 2. The van der Waals surface area contributed by atoms with E-state index in [9.17, 15) is 4.79 Å². The molecular formula is C14H26N2O. The summed E-state index contributed by atoms with van der Waals surface area (Å²) in [6.45, 7) is 9.33. The standard InChI is InChI=1S/C14H26N2O/c1-5-8-9-13(6-2)14(17)16(7-3)11-12(4)10-15/h12-13H,5-9,11H2,1-4H3. The van der Waals surface area contributed by atoms with Crippen molar-refractivity contribution in [3.05, 3.63) is 0 Å². The molecule has 98 valence electrons. The molecule has 0 bridgehead atoms. The second-order valence-electron chi connectivity index (χ2n) is 4.65. The zero-order valence-corrected chi connectivity index (χ0v) is 11.7. The third-order valence-corrected chi connectivity index (χ3v) is 3.16. The minimum atomic E-state index is -0.0809. The quantitative estimate of drug-likeness (QED) is 0.651. The van der Waals surface area contributed by atoms with Crippen LogP contribution in [0.1, 0.15) is 53.4 Å². The van der Waals surface area contributed by atoms with Gasteiger partial charge in [0.05, 0.1) is 12.0 Å². The maximum atomic E-state index is 12.3. The second kappa shape index (κ2) is 9.04. The lowest BCUT2D eigenvalue weighted by Gasteiger charge is -2.26. The van der Waals surface area contributed by atoms with Crippen LogP contribution in [0.5, 0.6) is 0 Å². The summed E-state index contributed by atoms with van der Waals surface area (Å²) >= 11 is 0. The lowest BCUT2D eigenvalue weighted by molar-refractivity contribution is -0.136. The Balaban J connectivity index is 4.43. The van der Waals surface area contributed by atoms with Crippen LogP contribution < -0.4 is 0 Å². The van der Waals surface area contributed by atoms with Gasteiger partial charge < -0.3 is 4.90 Å². The van der Waals surface area contributed by atoms with Crippen molar-refractivity contribution in [2.45, 2.75) is 53.4 Å². The van der Waals surface area contributed by atoms with Gasteiger partial charge in [-0.2, -0.15) is 5.26 Å². The fraction of sp³-hybridized carbons (Fsp3) is 0.857. The van der Waals surface area contributed by atoms with Crippen molar-refractivity contribution in [1.82, 2.24) is 4.90 Å². The SMILES string of the molecule is CCCCC(CC)C(=O)N(CC)CC(C)C#N. The Hall–Kier alpha value is -1.04. The van der Waals surface area contributed by atoms with Gasteiger partial charge in [0.2, 0.25) is 5.91 Å². The van der Waals surface area contributed by atoms with Crippen molar-refractivity contribution < 1.29 is 4.79 Å². The molecule has 0 aliphatic carbocycles. The second-order valence-corrected chi connectivity index (χ2v) is 4.65. The molecule has 0 N–H and O–H groups in total. The summed E-state index contributed by atoms with van der Waals surface area (Å²) in [7, 11) is 0. The van der Waals surface area contributed by atoms with E-state index in [-0.39, 0.29) is 17.7 Å². The van der Waals surface area contributed by atoms with Gasteiger partial charge in [-0.05, 0) is 26.7 Å². The maximum Gasteiger partial charge on any atom is 0.225 e. The third kappa shape index (κ3) is 5.72. The molecule has 17 heavy (non-hydrogen) atoms. The van der Waals surface area contributed by atoms with Gasteiger partial charge in [-0.1, -0.05) is 26.7 Å². The molecule has 0 aromatic carbocycles. The molecule has 0 aliphatic heterocycles.